The number of nitrogens with one attached hydrogen (secondary N) is 2. The van der Waals surface area contributed by atoms with Crippen LogP contribution in [0.25, 0.3) is 0 Å². The van der Waals surface area contributed by atoms with Crippen LogP contribution in [0, 0.1) is 0 Å². The summed E-state index contributed by atoms with van der Waals surface area (Å²) >= 11 is 0. The van der Waals surface area contributed by atoms with Crippen molar-refractivity contribution in [3.8, 4) is 0 Å². The third-order valence-electron chi connectivity index (χ3n) is 3.84. The number of guanidine groups is 1. The van der Waals surface area contributed by atoms with E-state index in [2.05, 4.69) is 74.0 Å². The van der Waals surface area contributed by atoms with Crippen molar-refractivity contribution in [1.82, 2.24) is 20.5 Å². The predicted molar refractivity (Wildman–Crippen MR) is 116 cm³/mol. The zero-order chi connectivity index (χ0) is 18.2. The van der Waals surface area contributed by atoms with Crippen LogP contribution in [0.4, 0.5) is 0 Å². The minimum atomic E-state index is -0.0296. The number of nitrogens with zero attached hydrogens (tertiary/aromatic N) is 3. The molecule has 2 N–H and O–H groups in total. The molecular weight excluding hydrogens is 429 g/mol. The fraction of sp³-hybridized carbons (Fsp3) is 0.778. The van der Waals surface area contributed by atoms with Gasteiger partial charge in [-0.25, -0.2) is 9.98 Å². The molecule has 1 rings (SSSR count). The van der Waals surface area contributed by atoms with Crippen molar-refractivity contribution in [2.45, 2.75) is 66.5 Å². The van der Waals surface area contributed by atoms with E-state index < -0.39 is 0 Å². The highest BCUT2D eigenvalue weighted by atomic mass is 127. The van der Waals surface area contributed by atoms with Gasteiger partial charge in [-0.05, 0) is 27.3 Å². The minimum Gasteiger partial charge on any atom is -0.443 e. The second-order valence-corrected chi connectivity index (χ2v) is 7.21. The molecule has 0 aromatic carbocycles. The van der Waals surface area contributed by atoms with Crippen LogP contribution in [-0.2, 0) is 12.0 Å². The lowest BCUT2D eigenvalue weighted by atomic mass is 9.94. The van der Waals surface area contributed by atoms with Crippen molar-refractivity contribution in [3.05, 3.63) is 17.8 Å². The molecule has 0 amide bonds. The second-order valence-electron chi connectivity index (χ2n) is 7.21. The third kappa shape index (κ3) is 8.89. The number of rotatable bonds is 8. The molecule has 146 valence electrons. The van der Waals surface area contributed by atoms with Crippen LogP contribution in [0.3, 0.4) is 0 Å². The van der Waals surface area contributed by atoms with Crippen molar-refractivity contribution < 1.29 is 4.42 Å². The Kier molecular flexibility index (Phi) is 11.3. The van der Waals surface area contributed by atoms with Crippen LogP contribution < -0.4 is 10.6 Å². The average Bonchev–Trinajstić information content (AvgIpc) is 2.97. The van der Waals surface area contributed by atoms with Crippen LogP contribution in [0.15, 0.2) is 15.6 Å². The van der Waals surface area contributed by atoms with Gasteiger partial charge in [-0.3, -0.25) is 4.90 Å². The smallest absolute Gasteiger partial charge is 0.216 e. The molecule has 0 aliphatic heterocycles. The molecule has 0 fully saturated rings. The number of aliphatic imine (C=N–C) groups is 1. The van der Waals surface area contributed by atoms with Gasteiger partial charge in [0.25, 0.3) is 0 Å². The standard InChI is InChI=1S/C18H35N5O.HI/c1-8-19-17(20-10-11-23(9-2)14(3)4)22-13-16-21-12-15(24-16)18(5,6)7;/h12,14H,8-11,13H2,1-7H3,(H2,19,20,22);1H. The topological polar surface area (TPSA) is 65.7 Å². The maximum Gasteiger partial charge on any atom is 0.216 e. The molecule has 0 radical (unpaired) electrons. The molecule has 1 aromatic heterocycles. The summed E-state index contributed by atoms with van der Waals surface area (Å²) in [4.78, 5) is 11.3. The molecule has 6 nitrogen and oxygen atoms in total. The average molecular weight is 465 g/mol. The van der Waals surface area contributed by atoms with E-state index in [1.165, 1.54) is 0 Å². The Bertz CT molecular complexity index is 508. The minimum absolute atomic E-state index is 0. The molecule has 1 heterocycles. The third-order valence-corrected chi connectivity index (χ3v) is 3.84. The summed E-state index contributed by atoms with van der Waals surface area (Å²) in [5, 5.41) is 6.64. The lowest BCUT2D eigenvalue weighted by Crippen LogP contribution is -2.43. The van der Waals surface area contributed by atoms with E-state index in [9.17, 15) is 0 Å². The van der Waals surface area contributed by atoms with Gasteiger partial charge in [0.15, 0.2) is 5.96 Å². The van der Waals surface area contributed by atoms with Crippen molar-refractivity contribution in [2.75, 3.05) is 26.2 Å². The molecule has 0 atom stereocenters. The van der Waals surface area contributed by atoms with E-state index in [1.54, 1.807) is 6.20 Å². The Morgan fingerprint density at radius 2 is 1.96 bits per heavy atom. The number of halogens is 1. The molecular formula is C18H36IN5O. The van der Waals surface area contributed by atoms with Gasteiger partial charge >= 0.3 is 0 Å². The van der Waals surface area contributed by atoms with E-state index in [-0.39, 0.29) is 29.4 Å². The Morgan fingerprint density at radius 3 is 2.44 bits per heavy atom. The Hall–Kier alpha value is -0.830. The lowest BCUT2D eigenvalue weighted by molar-refractivity contribution is 0.237. The maximum atomic E-state index is 5.79. The SMILES string of the molecule is CCNC(=NCc1ncc(C(C)(C)C)o1)NCCN(CC)C(C)C.I. The zero-order valence-electron chi connectivity index (χ0n) is 16.8. The summed E-state index contributed by atoms with van der Waals surface area (Å²) in [6.07, 6.45) is 1.80. The van der Waals surface area contributed by atoms with Crippen LogP contribution in [0.2, 0.25) is 0 Å². The molecule has 0 bridgehead atoms. The molecule has 0 unspecified atom stereocenters. The summed E-state index contributed by atoms with van der Waals surface area (Å²) in [7, 11) is 0. The lowest BCUT2D eigenvalue weighted by Gasteiger charge is -2.25. The van der Waals surface area contributed by atoms with Gasteiger partial charge in [0.05, 0.1) is 6.20 Å². The van der Waals surface area contributed by atoms with E-state index in [1.807, 2.05) is 0 Å². The molecule has 0 saturated heterocycles. The van der Waals surface area contributed by atoms with Crippen LogP contribution in [0.5, 0.6) is 0 Å². The number of likely N-dealkylation sites (N-methyl/N-ethyl adjacent to an activating group) is 1. The fourth-order valence-electron chi connectivity index (χ4n) is 2.32. The maximum absolute atomic E-state index is 5.79. The highest BCUT2D eigenvalue weighted by Gasteiger charge is 2.19. The van der Waals surface area contributed by atoms with Gasteiger partial charge in [0.1, 0.15) is 12.3 Å². The monoisotopic (exact) mass is 465 g/mol. The Morgan fingerprint density at radius 1 is 1.28 bits per heavy atom. The molecule has 7 heteroatoms. The highest BCUT2D eigenvalue weighted by molar-refractivity contribution is 14.0. The number of hydrogen-bond acceptors (Lipinski definition) is 4. The first-order chi connectivity index (χ1) is 11.3. The van der Waals surface area contributed by atoms with Crippen molar-refractivity contribution in [3.63, 3.8) is 0 Å². The molecule has 0 aliphatic carbocycles. The number of aromatic nitrogens is 1. The number of hydrogen-bond donors (Lipinski definition) is 2. The highest BCUT2D eigenvalue weighted by Crippen LogP contribution is 2.22. The predicted octanol–water partition coefficient (Wildman–Crippen LogP) is 3.38. The van der Waals surface area contributed by atoms with E-state index in [0.717, 1.165) is 37.9 Å². The number of oxazole rings is 1. The Labute approximate surface area is 170 Å². The largest absolute Gasteiger partial charge is 0.443 e. The second kappa shape index (κ2) is 11.7. The van der Waals surface area contributed by atoms with E-state index >= 15 is 0 Å². The fourth-order valence-corrected chi connectivity index (χ4v) is 2.32. The summed E-state index contributed by atoms with van der Waals surface area (Å²) in [5.74, 6) is 2.34. The summed E-state index contributed by atoms with van der Waals surface area (Å²) < 4.78 is 5.79. The van der Waals surface area contributed by atoms with Gasteiger partial charge in [-0.2, -0.15) is 0 Å². The molecule has 0 saturated carbocycles. The zero-order valence-corrected chi connectivity index (χ0v) is 19.2. The van der Waals surface area contributed by atoms with Gasteiger partial charge in [0.2, 0.25) is 5.89 Å². The first-order valence-corrected chi connectivity index (χ1v) is 8.99. The first kappa shape index (κ1) is 24.2. The first-order valence-electron chi connectivity index (χ1n) is 8.99. The van der Waals surface area contributed by atoms with Gasteiger partial charge in [0, 0.05) is 31.1 Å². The van der Waals surface area contributed by atoms with E-state index in [4.69, 9.17) is 4.42 Å². The molecule has 0 aliphatic rings. The molecule has 1 aromatic rings. The van der Waals surface area contributed by atoms with Gasteiger partial charge < -0.3 is 15.1 Å². The van der Waals surface area contributed by atoms with Gasteiger partial charge in [-0.15, -0.1) is 24.0 Å². The molecule has 25 heavy (non-hydrogen) atoms. The normalized spacial score (nSPS) is 12.4. The van der Waals surface area contributed by atoms with E-state index in [0.29, 0.717) is 18.5 Å². The van der Waals surface area contributed by atoms with Crippen LogP contribution in [0.1, 0.15) is 60.1 Å². The van der Waals surface area contributed by atoms with Gasteiger partial charge in [-0.1, -0.05) is 27.7 Å². The van der Waals surface area contributed by atoms with Crippen LogP contribution in [-0.4, -0.2) is 48.1 Å². The van der Waals surface area contributed by atoms with Crippen molar-refractivity contribution >= 4 is 29.9 Å². The summed E-state index contributed by atoms with van der Waals surface area (Å²) in [6, 6.07) is 0.555. The van der Waals surface area contributed by atoms with Crippen molar-refractivity contribution in [2.24, 2.45) is 4.99 Å². The van der Waals surface area contributed by atoms with Crippen LogP contribution >= 0.6 is 24.0 Å². The van der Waals surface area contributed by atoms with Crippen molar-refractivity contribution in [1.29, 1.82) is 0 Å². The summed E-state index contributed by atoms with van der Waals surface area (Å²) in [5.41, 5.74) is -0.0296. The summed E-state index contributed by atoms with van der Waals surface area (Å²) in [6.45, 7) is 19.2. The molecule has 0 spiro atoms. The quantitative estimate of drug-likeness (QED) is 0.350. The Balaban J connectivity index is 0.00000576.